The first-order valence-electron chi connectivity index (χ1n) is 3.95. The van der Waals surface area contributed by atoms with Crippen molar-refractivity contribution >= 4 is 11.0 Å². The molecule has 2 aromatic rings. The Hall–Kier alpha value is -1.89. The highest BCUT2D eigenvalue weighted by molar-refractivity contribution is 5.81. The van der Waals surface area contributed by atoms with Gasteiger partial charge in [-0.15, -0.1) is 0 Å². The molecule has 0 aliphatic rings. The molecule has 0 amide bonds. The first-order chi connectivity index (χ1) is 6.74. The molecule has 0 saturated heterocycles. The Bertz CT molecular complexity index is 525. The normalized spacial score (nSPS) is 10.4. The number of furan rings is 1. The molecule has 2 nitrogen and oxygen atoms in total. The second kappa shape index (κ2) is 3.11. The Labute approximate surface area is 78.4 Å². The SMILES string of the molecule is N#CCc1cc(F)c(F)c2ccoc12. The maximum Gasteiger partial charge on any atom is 0.169 e. The molecule has 0 aliphatic heterocycles. The molecule has 14 heavy (non-hydrogen) atoms. The summed E-state index contributed by atoms with van der Waals surface area (Å²) in [4.78, 5) is 0. The smallest absolute Gasteiger partial charge is 0.169 e. The summed E-state index contributed by atoms with van der Waals surface area (Å²) in [5, 5.41) is 8.55. The van der Waals surface area contributed by atoms with Crippen LogP contribution in [0.25, 0.3) is 11.0 Å². The number of halogens is 2. The number of hydrogen-bond donors (Lipinski definition) is 0. The average Bonchev–Trinajstić information content (AvgIpc) is 2.63. The summed E-state index contributed by atoms with van der Waals surface area (Å²) in [6, 6.07) is 4.20. The van der Waals surface area contributed by atoms with Crippen LogP contribution in [0.3, 0.4) is 0 Å². The zero-order valence-corrected chi connectivity index (χ0v) is 7.05. The lowest BCUT2D eigenvalue weighted by Crippen LogP contribution is -1.90. The Morgan fingerprint density at radius 3 is 2.93 bits per heavy atom. The molecule has 0 atom stereocenters. The van der Waals surface area contributed by atoms with E-state index in [0.29, 0.717) is 5.56 Å². The third-order valence-electron chi connectivity index (χ3n) is 1.97. The Balaban J connectivity index is 2.79. The largest absolute Gasteiger partial charge is 0.464 e. The van der Waals surface area contributed by atoms with Crippen molar-refractivity contribution in [3.63, 3.8) is 0 Å². The van der Waals surface area contributed by atoms with Crippen molar-refractivity contribution in [1.29, 1.82) is 5.26 Å². The molecule has 0 radical (unpaired) electrons. The highest BCUT2D eigenvalue weighted by atomic mass is 19.2. The van der Waals surface area contributed by atoms with E-state index in [1.54, 1.807) is 0 Å². The standard InChI is InChI=1S/C10H5F2NO/c11-8-5-6(1-3-13)10-7(9(8)12)2-4-14-10/h2,4-5H,1H2. The third-order valence-corrected chi connectivity index (χ3v) is 1.97. The van der Waals surface area contributed by atoms with Gasteiger partial charge in [0.15, 0.2) is 11.6 Å². The molecule has 0 unspecified atom stereocenters. The lowest BCUT2D eigenvalue weighted by atomic mass is 10.1. The summed E-state index contributed by atoms with van der Waals surface area (Å²) in [6.45, 7) is 0. The molecular weight excluding hydrogens is 188 g/mol. The van der Waals surface area contributed by atoms with Crippen LogP contribution in [0.15, 0.2) is 22.8 Å². The van der Waals surface area contributed by atoms with E-state index < -0.39 is 11.6 Å². The van der Waals surface area contributed by atoms with Crippen molar-refractivity contribution in [2.75, 3.05) is 0 Å². The molecule has 1 aromatic carbocycles. The fraction of sp³-hybridized carbons (Fsp3) is 0.100. The van der Waals surface area contributed by atoms with Crippen LogP contribution in [-0.4, -0.2) is 0 Å². The third kappa shape index (κ3) is 1.14. The van der Waals surface area contributed by atoms with Gasteiger partial charge in [-0.1, -0.05) is 0 Å². The van der Waals surface area contributed by atoms with Crippen LogP contribution in [0, 0.1) is 23.0 Å². The minimum atomic E-state index is -0.954. The molecule has 1 aromatic heterocycles. The van der Waals surface area contributed by atoms with E-state index in [0.717, 1.165) is 6.07 Å². The van der Waals surface area contributed by atoms with Gasteiger partial charge in [-0.2, -0.15) is 5.26 Å². The Morgan fingerprint density at radius 2 is 2.21 bits per heavy atom. The Morgan fingerprint density at radius 1 is 1.43 bits per heavy atom. The fourth-order valence-electron chi connectivity index (χ4n) is 1.36. The Kier molecular flexibility index (Phi) is 1.93. The van der Waals surface area contributed by atoms with Gasteiger partial charge >= 0.3 is 0 Å². The number of nitrogens with zero attached hydrogens (tertiary/aromatic N) is 1. The van der Waals surface area contributed by atoms with Crippen molar-refractivity contribution in [2.45, 2.75) is 6.42 Å². The van der Waals surface area contributed by atoms with E-state index in [-0.39, 0.29) is 17.4 Å². The van der Waals surface area contributed by atoms with E-state index in [1.807, 2.05) is 6.07 Å². The quantitative estimate of drug-likeness (QED) is 0.698. The van der Waals surface area contributed by atoms with Crippen LogP contribution >= 0.6 is 0 Å². The molecule has 0 spiro atoms. The van der Waals surface area contributed by atoms with Crippen molar-refractivity contribution in [3.05, 3.63) is 35.6 Å². The predicted octanol–water partition coefficient (Wildman–Crippen LogP) is 2.78. The number of benzene rings is 1. The number of fused-ring (bicyclic) bond motifs is 1. The molecule has 0 bridgehead atoms. The van der Waals surface area contributed by atoms with Crippen molar-refractivity contribution in [3.8, 4) is 6.07 Å². The van der Waals surface area contributed by atoms with Crippen LogP contribution in [-0.2, 0) is 6.42 Å². The number of hydrogen-bond acceptors (Lipinski definition) is 2. The fourth-order valence-corrected chi connectivity index (χ4v) is 1.36. The molecule has 70 valence electrons. The molecule has 0 fully saturated rings. The predicted molar refractivity (Wildman–Crippen MR) is 45.4 cm³/mol. The highest BCUT2D eigenvalue weighted by Crippen LogP contribution is 2.25. The minimum Gasteiger partial charge on any atom is -0.464 e. The van der Waals surface area contributed by atoms with Crippen LogP contribution in [0.1, 0.15) is 5.56 Å². The molecule has 1 heterocycles. The summed E-state index contributed by atoms with van der Waals surface area (Å²) in [7, 11) is 0. The molecule has 0 aliphatic carbocycles. The van der Waals surface area contributed by atoms with Gasteiger partial charge in [-0.05, 0) is 12.1 Å². The van der Waals surface area contributed by atoms with Crippen molar-refractivity contribution < 1.29 is 13.2 Å². The van der Waals surface area contributed by atoms with E-state index >= 15 is 0 Å². The van der Waals surface area contributed by atoms with Crippen LogP contribution in [0.5, 0.6) is 0 Å². The summed E-state index contributed by atoms with van der Waals surface area (Å²) < 4.78 is 31.1. The zero-order valence-electron chi connectivity index (χ0n) is 7.05. The van der Waals surface area contributed by atoms with E-state index in [4.69, 9.17) is 9.68 Å². The monoisotopic (exact) mass is 193 g/mol. The molecule has 0 N–H and O–H groups in total. The van der Waals surface area contributed by atoms with Gasteiger partial charge in [0.05, 0.1) is 24.1 Å². The molecule has 0 saturated carbocycles. The number of rotatable bonds is 1. The van der Waals surface area contributed by atoms with Gasteiger partial charge in [0, 0.05) is 5.56 Å². The van der Waals surface area contributed by atoms with Gasteiger partial charge < -0.3 is 4.42 Å². The van der Waals surface area contributed by atoms with Crippen LogP contribution < -0.4 is 0 Å². The number of nitriles is 1. The van der Waals surface area contributed by atoms with Crippen LogP contribution in [0.4, 0.5) is 8.78 Å². The second-order valence-corrected chi connectivity index (χ2v) is 2.83. The summed E-state index contributed by atoms with van der Waals surface area (Å²) in [5.41, 5.74) is 0.608. The van der Waals surface area contributed by atoms with E-state index in [9.17, 15) is 8.78 Å². The highest BCUT2D eigenvalue weighted by Gasteiger charge is 2.13. The van der Waals surface area contributed by atoms with E-state index in [2.05, 4.69) is 0 Å². The lowest BCUT2D eigenvalue weighted by Gasteiger charge is -1.99. The summed E-state index contributed by atoms with van der Waals surface area (Å²) >= 11 is 0. The van der Waals surface area contributed by atoms with Gasteiger partial charge in [-0.25, -0.2) is 8.78 Å². The molecule has 2 rings (SSSR count). The van der Waals surface area contributed by atoms with Crippen molar-refractivity contribution in [2.24, 2.45) is 0 Å². The average molecular weight is 193 g/mol. The van der Waals surface area contributed by atoms with Gasteiger partial charge in [0.2, 0.25) is 0 Å². The summed E-state index contributed by atoms with van der Waals surface area (Å²) in [6.07, 6.45) is 1.27. The van der Waals surface area contributed by atoms with Gasteiger partial charge in [0.25, 0.3) is 0 Å². The molecule has 4 heteroatoms. The van der Waals surface area contributed by atoms with Gasteiger partial charge in [-0.3, -0.25) is 0 Å². The summed E-state index contributed by atoms with van der Waals surface area (Å²) in [5.74, 6) is -1.89. The zero-order chi connectivity index (χ0) is 10.1. The topological polar surface area (TPSA) is 36.9 Å². The minimum absolute atomic E-state index is 0.00120. The first-order valence-corrected chi connectivity index (χ1v) is 3.95. The second-order valence-electron chi connectivity index (χ2n) is 2.83. The maximum absolute atomic E-state index is 13.1. The lowest BCUT2D eigenvalue weighted by molar-refractivity contribution is 0.514. The maximum atomic E-state index is 13.1. The van der Waals surface area contributed by atoms with E-state index in [1.165, 1.54) is 12.3 Å². The van der Waals surface area contributed by atoms with Crippen LogP contribution in [0.2, 0.25) is 0 Å². The molecular formula is C10H5F2NO. The first kappa shape index (κ1) is 8.70. The van der Waals surface area contributed by atoms with Crippen molar-refractivity contribution in [1.82, 2.24) is 0 Å². The van der Waals surface area contributed by atoms with Gasteiger partial charge in [0.1, 0.15) is 5.58 Å².